The summed E-state index contributed by atoms with van der Waals surface area (Å²) in [4.78, 5) is 24.8. The minimum Gasteiger partial charge on any atom is -0.387 e. The molecule has 0 heterocycles. The number of amides is 2. The number of benzene rings is 2. The van der Waals surface area contributed by atoms with Crippen LogP contribution in [0.1, 0.15) is 53.3 Å². The predicted octanol–water partition coefficient (Wildman–Crippen LogP) is 4.30. The highest BCUT2D eigenvalue weighted by molar-refractivity contribution is 5.98. The van der Waals surface area contributed by atoms with Crippen molar-refractivity contribution in [3.05, 3.63) is 65.2 Å². The van der Waals surface area contributed by atoms with Crippen molar-refractivity contribution in [2.45, 2.75) is 38.0 Å². The summed E-state index contributed by atoms with van der Waals surface area (Å²) in [7, 11) is 0. The van der Waals surface area contributed by atoms with Crippen LogP contribution in [0.15, 0.2) is 48.5 Å². The van der Waals surface area contributed by atoms with Crippen molar-refractivity contribution < 1.29 is 27.9 Å². The maximum atomic E-state index is 13.3. The van der Waals surface area contributed by atoms with E-state index >= 15 is 0 Å². The minimum atomic E-state index is -4.67. The number of anilines is 1. The van der Waals surface area contributed by atoms with Gasteiger partial charge in [-0.25, -0.2) is 0 Å². The molecule has 8 heteroatoms. The lowest BCUT2D eigenvalue weighted by molar-refractivity contribution is -0.137. The van der Waals surface area contributed by atoms with E-state index in [1.165, 1.54) is 6.07 Å². The standard InChI is InChI=1S/C22H23F3N2O3/c23-22(24,25)17-10-16(11-18(12-17)27-21(30)15-8-4-5-9-15)20(29)26-13-19(28)14-6-2-1-3-7-14/h1-3,6-7,10-12,15,19,28H,4-5,8-9,13H2,(H,26,29)(H,27,30)/t19-/m0/s1. The average molecular weight is 420 g/mol. The Balaban J connectivity index is 1.75. The zero-order chi connectivity index (χ0) is 21.7. The number of aliphatic hydroxyl groups is 1. The molecule has 0 spiro atoms. The maximum absolute atomic E-state index is 13.3. The van der Waals surface area contributed by atoms with Crippen molar-refractivity contribution in [1.29, 1.82) is 0 Å². The fourth-order valence-electron chi connectivity index (χ4n) is 3.51. The van der Waals surface area contributed by atoms with Gasteiger partial charge in [0.2, 0.25) is 5.91 Å². The van der Waals surface area contributed by atoms with Crippen molar-refractivity contribution in [2.75, 3.05) is 11.9 Å². The van der Waals surface area contributed by atoms with Crippen molar-refractivity contribution in [1.82, 2.24) is 5.32 Å². The molecule has 2 aromatic carbocycles. The summed E-state index contributed by atoms with van der Waals surface area (Å²) in [6.45, 7) is -0.164. The fraction of sp³-hybridized carbons (Fsp3) is 0.364. The lowest BCUT2D eigenvalue weighted by atomic mass is 10.1. The van der Waals surface area contributed by atoms with Crippen LogP contribution in [0.25, 0.3) is 0 Å². The van der Waals surface area contributed by atoms with Gasteiger partial charge in [-0.1, -0.05) is 43.2 Å². The largest absolute Gasteiger partial charge is 0.416 e. The molecule has 1 aliphatic carbocycles. The number of nitrogens with one attached hydrogen (secondary N) is 2. The van der Waals surface area contributed by atoms with Crippen molar-refractivity contribution in [3.8, 4) is 0 Å². The number of rotatable bonds is 6. The maximum Gasteiger partial charge on any atom is 0.416 e. The minimum absolute atomic E-state index is 0.0736. The van der Waals surface area contributed by atoms with Crippen LogP contribution in [0.5, 0.6) is 0 Å². The normalized spacial score (nSPS) is 15.6. The molecule has 3 N–H and O–H groups in total. The van der Waals surface area contributed by atoms with Crippen LogP contribution in [0.3, 0.4) is 0 Å². The summed E-state index contributed by atoms with van der Waals surface area (Å²) < 4.78 is 39.9. The molecule has 2 amide bonds. The van der Waals surface area contributed by atoms with Crippen LogP contribution in [-0.4, -0.2) is 23.5 Å². The molecular formula is C22H23F3N2O3. The first-order valence-electron chi connectivity index (χ1n) is 9.78. The third kappa shape index (κ3) is 5.60. The summed E-state index contributed by atoms with van der Waals surface area (Å²) in [6, 6.07) is 11.4. The van der Waals surface area contributed by atoms with Crippen molar-refractivity contribution >= 4 is 17.5 Å². The predicted molar refractivity (Wildman–Crippen MR) is 106 cm³/mol. The summed E-state index contributed by atoms with van der Waals surface area (Å²) in [6.07, 6.45) is -2.43. The first-order chi connectivity index (χ1) is 14.2. The number of hydrogen-bond acceptors (Lipinski definition) is 3. The van der Waals surface area contributed by atoms with Gasteiger partial charge < -0.3 is 15.7 Å². The molecule has 30 heavy (non-hydrogen) atoms. The first kappa shape index (κ1) is 21.8. The molecule has 0 bridgehead atoms. The Hall–Kier alpha value is -2.87. The van der Waals surface area contributed by atoms with Gasteiger partial charge in [-0.15, -0.1) is 0 Å². The van der Waals surface area contributed by atoms with Gasteiger partial charge >= 0.3 is 6.18 Å². The molecule has 1 saturated carbocycles. The Morgan fingerprint density at radius 1 is 1.07 bits per heavy atom. The van der Waals surface area contributed by atoms with E-state index in [1.54, 1.807) is 30.3 Å². The third-order valence-corrected chi connectivity index (χ3v) is 5.16. The Labute approximate surface area is 172 Å². The van der Waals surface area contributed by atoms with Crippen LogP contribution in [0, 0.1) is 5.92 Å². The van der Waals surface area contributed by atoms with Gasteiger partial charge in [-0.2, -0.15) is 13.2 Å². The van der Waals surface area contributed by atoms with Gasteiger partial charge in [0.15, 0.2) is 0 Å². The highest BCUT2D eigenvalue weighted by Crippen LogP contribution is 2.33. The third-order valence-electron chi connectivity index (χ3n) is 5.16. The lowest BCUT2D eigenvalue weighted by Crippen LogP contribution is -2.29. The van der Waals surface area contributed by atoms with Gasteiger partial charge in [0.05, 0.1) is 11.7 Å². The molecular weight excluding hydrogens is 397 g/mol. The summed E-state index contributed by atoms with van der Waals surface area (Å²) in [5.41, 5.74) is -0.769. The van der Waals surface area contributed by atoms with E-state index in [-0.39, 0.29) is 29.6 Å². The summed E-state index contributed by atoms with van der Waals surface area (Å²) in [5.74, 6) is -1.33. The molecule has 0 radical (unpaired) electrons. The molecule has 0 aliphatic heterocycles. The molecule has 1 aliphatic rings. The lowest BCUT2D eigenvalue weighted by Gasteiger charge is -2.16. The molecule has 0 aromatic heterocycles. The topological polar surface area (TPSA) is 78.4 Å². The van der Waals surface area contributed by atoms with Crippen LogP contribution in [0.2, 0.25) is 0 Å². The molecule has 160 valence electrons. The Morgan fingerprint density at radius 3 is 2.37 bits per heavy atom. The molecule has 3 rings (SSSR count). The van der Waals surface area contributed by atoms with E-state index in [9.17, 15) is 27.9 Å². The fourth-order valence-corrected chi connectivity index (χ4v) is 3.51. The SMILES string of the molecule is O=C(NC[C@H](O)c1ccccc1)c1cc(NC(=O)C2CCCC2)cc(C(F)(F)F)c1. The van der Waals surface area contributed by atoms with E-state index in [1.807, 2.05) is 0 Å². The number of hydrogen-bond donors (Lipinski definition) is 3. The van der Waals surface area contributed by atoms with E-state index in [0.29, 0.717) is 18.4 Å². The van der Waals surface area contributed by atoms with E-state index < -0.39 is 23.8 Å². The van der Waals surface area contributed by atoms with Gasteiger partial charge in [0.25, 0.3) is 5.91 Å². The molecule has 1 atom stereocenters. The van der Waals surface area contributed by atoms with Gasteiger partial charge in [0.1, 0.15) is 0 Å². The van der Waals surface area contributed by atoms with Crippen LogP contribution >= 0.6 is 0 Å². The quantitative estimate of drug-likeness (QED) is 0.652. The van der Waals surface area contributed by atoms with Crippen LogP contribution in [0.4, 0.5) is 18.9 Å². The Bertz CT molecular complexity index is 894. The average Bonchev–Trinajstić information content (AvgIpc) is 3.26. The molecule has 0 saturated heterocycles. The van der Waals surface area contributed by atoms with Crippen LogP contribution < -0.4 is 10.6 Å². The summed E-state index contributed by atoms with van der Waals surface area (Å²) in [5, 5.41) is 15.1. The molecule has 0 unspecified atom stereocenters. The number of aliphatic hydroxyl groups excluding tert-OH is 1. The second-order valence-corrected chi connectivity index (χ2v) is 7.40. The number of carbonyl (C=O) groups is 2. The second-order valence-electron chi connectivity index (χ2n) is 7.40. The zero-order valence-corrected chi connectivity index (χ0v) is 16.2. The smallest absolute Gasteiger partial charge is 0.387 e. The number of carbonyl (C=O) groups excluding carboxylic acids is 2. The van der Waals surface area contributed by atoms with E-state index in [2.05, 4.69) is 10.6 Å². The Morgan fingerprint density at radius 2 is 1.73 bits per heavy atom. The van der Waals surface area contributed by atoms with Crippen LogP contribution in [-0.2, 0) is 11.0 Å². The molecule has 2 aromatic rings. The van der Waals surface area contributed by atoms with Crippen molar-refractivity contribution in [2.24, 2.45) is 5.92 Å². The summed E-state index contributed by atoms with van der Waals surface area (Å²) >= 11 is 0. The Kier molecular flexibility index (Phi) is 6.77. The van der Waals surface area contributed by atoms with Crippen molar-refractivity contribution in [3.63, 3.8) is 0 Å². The van der Waals surface area contributed by atoms with Gasteiger partial charge in [-0.05, 0) is 36.6 Å². The highest BCUT2D eigenvalue weighted by Gasteiger charge is 2.32. The monoisotopic (exact) mass is 420 g/mol. The van der Waals surface area contributed by atoms with Gasteiger partial charge in [0, 0.05) is 23.7 Å². The van der Waals surface area contributed by atoms with E-state index in [0.717, 1.165) is 25.0 Å². The molecule has 1 fully saturated rings. The second kappa shape index (κ2) is 9.30. The number of halogens is 3. The first-order valence-corrected chi connectivity index (χ1v) is 9.78. The zero-order valence-electron chi connectivity index (χ0n) is 16.2. The van der Waals surface area contributed by atoms with E-state index in [4.69, 9.17) is 0 Å². The van der Waals surface area contributed by atoms with Gasteiger partial charge in [-0.3, -0.25) is 9.59 Å². The highest BCUT2D eigenvalue weighted by atomic mass is 19.4. The number of alkyl halides is 3. The molecule has 5 nitrogen and oxygen atoms in total.